The van der Waals surface area contributed by atoms with E-state index in [1.165, 1.54) is 6.92 Å². The minimum absolute atomic E-state index is 0.0330. The third-order valence-electron chi connectivity index (χ3n) is 4.58. The second-order valence-electron chi connectivity index (χ2n) is 9.09. The van der Waals surface area contributed by atoms with Gasteiger partial charge in [0.05, 0.1) is 11.2 Å². The molecule has 27 heavy (non-hydrogen) atoms. The van der Waals surface area contributed by atoms with E-state index in [9.17, 15) is 9.59 Å². The molecule has 6 heteroatoms. The van der Waals surface area contributed by atoms with Crippen molar-refractivity contribution in [2.45, 2.75) is 79.7 Å². The molecular weight excluding hydrogens is 340 g/mol. The van der Waals surface area contributed by atoms with E-state index in [1.807, 2.05) is 45.4 Å². The van der Waals surface area contributed by atoms with E-state index < -0.39 is 0 Å². The molecular formula is C21H32N4O2. The standard InChI is InChI=1S/C21H32N4O2/c1-10-14-17(13(3)26)12(2)22-18(14)19(27)23-16-11-15(20(4,5)6)24-25(16)21(7,8)9/h11,22H,10H2,1-9H3,(H,23,27). The second-order valence-corrected chi connectivity index (χ2v) is 9.09. The predicted molar refractivity (Wildman–Crippen MR) is 109 cm³/mol. The van der Waals surface area contributed by atoms with Crippen LogP contribution in [0.1, 0.15) is 93.2 Å². The maximum atomic E-state index is 13.0. The van der Waals surface area contributed by atoms with Gasteiger partial charge in [0.25, 0.3) is 5.91 Å². The van der Waals surface area contributed by atoms with Crippen LogP contribution in [-0.4, -0.2) is 26.5 Å². The first-order valence-corrected chi connectivity index (χ1v) is 9.42. The van der Waals surface area contributed by atoms with Crippen molar-refractivity contribution in [1.82, 2.24) is 14.8 Å². The Morgan fingerprint density at radius 3 is 2.22 bits per heavy atom. The lowest BCUT2D eigenvalue weighted by atomic mass is 9.92. The molecule has 0 aromatic carbocycles. The number of aromatic nitrogens is 3. The molecule has 2 aromatic heterocycles. The molecule has 2 N–H and O–H groups in total. The van der Waals surface area contributed by atoms with Crippen LogP contribution in [0, 0.1) is 6.92 Å². The van der Waals surface area contributed by atoms with Crippen LogP contribution in [0.25, 0.3) is 0 Å². The Hall–Kier alpha value is -2.37. The molecule has 0 atom stereocenters. The van der Waals surface area contributed by atoms with Gasteiger partial charge in [-0.25, -0.2) is 4.68 Å². The van der Waals surface area contributed by atoms with Gasteiger partial charge in [0.1, 0.15) is 11.5 Å². The summed E-state index contributed by atoms with van der Waals surface area (Å²) in [6.07, 6.45) is 0.605. The molecule has 0 spiro atoms. The van der Waals surface area contributed by atoms with Crippen LogP contribution < -0.4 is 5.32 Å². The fourth-order valence-corrected chi connectivity index (χ4v) is 3.23. The number of aromatic amines is 1. The minimum Gasteiger partial charge on any atom is -0.354 e. The lowest BCUT2D eigenvalue weighted by Crippen LogP contribution is -2.27. The summed E-state index contributed by atoms with van der Waals surface area (Å²) < 4.78 is 1.85. The van der Waals surface area contributed by atoms with E-state index in [0.717, 1.165) is 17.0 Å². The molecule has 0 radical (unpaired) electrons. The number of aryl methyl sites for hydroxylation is 1. The maximum Gasteiger partial charge on any atom is 0.273 e. The van der Waals surface area contributed by atoms with E-state index in [4.69, 9.17) is 5.10 Å². The van der Waals surface area contributed by atoms with Gasteiger partial charge in [0, 0.05) is 22.7 Å². The summed E-state index contributed by atoms with van der Waals surface area (Å²) in [6.45, 7) is 17.7. The molecule has 0 saturated heterocycles. The topological polar surface area (TPSA) is 79.8 Å². The first-order chi connectivity index (χ1) is 12.3. The van der Waals surface area contributed by atoms with Crippen molar-refractivity contribution < 1.29 is 9.59 Å². The van der Waals surface area contributed by atoms with Crippen molar-refractivity contribution in [3.63, 3.8) is 0 Å². The largest absolute Gasteiger partial charge is 0.354 e. The number of Topliss-reactive ketones (excluding diaryl/α,β-unsaturated/α-hetero) is 1. The fraction of sp³-hybridized carbons (Fsp3) is 0.571. The number of nitrogens with one attached hydrogen (secondary N) is 2. The highest BCUT2D eigenvalue weighted by atomic mass is 16.2. The molecule has 0 aliphatic carbocycles. The number of nitrogens with zero attached hydrogens (tertiary/aromatic N) is 2. The number of amides is 1. The number of hydrogen-bond acceptors (Lipinski definition) is 3. The van der Waals surface area contributed by atoms with E-state index in [1.54, 1.807) is 0 Å². The fourth-order valence-electron chi connectivity index (χ4n) is 3.23. The van der Waals surface area contributed by atoms with Crippen molar-refractivity contribution in [2.75, 3.05) is 5.32 Å². The lowest BCUT2D eigenvalue weighted by Gasteiger charge is -2.23. The average molecular weight is 373 g/mol. The van der Waals surface area contributed by atoms with Crippen LogP contribution in [0.3, 0.4) is 0 Å². The van der Waals surface area contributed by atoms with Crippen molar-refractivity contribution in [2.24, 2.45) is 0 Å². The summed E-state index contributed by atoms with van der Waals surface area (Å²) in [7, 11) is 0. The van der Waals surface area contributed by atoms with Gasteiger partial charge in [-0.15, -0.1) is 0 Å². The number of carbonyl (C=O) groups excluding carboxylic acids is 2. The minimum atomic E-state index is -0.282. The van der Waals surface area contributed by atoms with Crippen LogP contribution in [0.5, 0.6) is 0 Å². The van der Waals surface area contributed by atoms with Gasteiger partial charge < -0.3 is 10.3 Å². The second kappa shape index (κ2) is 6.98. The Morgan fingerprint density at radius 2 is 1.78 bits per heavy atom. The maximum absolute atomic E-state index is 13.0. The molecule has 6 nitrogen and oxygen atoms in total. The number of ketones is 1. The highest BCUT2D eigenvalue weighted by molar-refractivity contribution is 6.07. The molecule has 0 bridgehead atoms. The molecule has 0 unspecified atom stereocenters. The molecule has 148 valence electrons. The predicted octanol–water partition coefficient (Wildman–Crippen LogP) is 4.59. The molecule has 2 aromatic rings. The molecule has 2 heterocycles. The smallest absolute Gasteiger partial charge is 0.273 e. The Kier molecular flexibility index (Phi) is 5.41. The lowest BCUT2D eigenvalue weighted by molar-refractivity contribution is 0.101. The van der Waals surface area contributed by atoms with Gasteiger partial charge in [-0.05, 0) is 46.6 Å². The number of rotatable bonds is 4. The summed E-state index contributed by atoms with van der Waals surface area (Å²) in [5.41, 5.74) is 3.04. The average Bonchev–Trinajstić information content (AvgIpc) is 3.07. The van der Waals surface area contributed by atoms with E-state index in [2.05, 4.69) is 31.1 Å². The van der Waals surface area contributed by atoms with Crippen molar-refractivity contribution in [1.29, 1.82) is 0 Å². The zero-order chi connectivity index (χ0) is 20.7. The number of hydrogen-bond donors (Lipinski definition) is 2. The van der Waals surface area contributed by atoms with Crippen LogP contribution in [0.15, 0.2) is 6.07 Å². The highest BCUT2D eigenvalue weighted by Crippen LogP contribution is 2.29. The van der Waals surface area contributed by atoms with Gasteiger partial charge in [0.2, 0.25) is 0 Å². The zero-order valence-corrected chi connectivity index (χ0v) is 18.0. The van der Waals surface area contributed by atoms with Crippen LogP contribution in [0.2, 0.25) is 0 Å². The molecule has 0 saturated carbocycles. The third kappa shape index (κ3) is 4.15. The van der Waals surface area contributed by atoms with Crippen LogP contribution in [-0.2, 0) is 17.4 Å². The first-order valence-electron chi connectivity index (χ1n) is 9.42. The SMILES string of the molecule is CCc1c(C(=O)Nc2cc(C(C)(C)C)nn2C(C)(C)C)[nH]c(C)c1C(C)=O. The Bertz CT molecular complexity index is 873. The molecule has 0 fully saturated rings. The summed E-state index contributed by atoms with van der Waals surface area (Å²) >= 11 is 0. The summed E-state index contributed by atoms with van der Waals surface area (Å²) in [6, 6.07) is 1.93. The third-order valence-corrected chi connectivity index (χ3v) is 4.58. The molecule has 2 rings (SSSR count). The monoisotopic (exact) mass is 372 g/mol. The number of H-pyrrole nitrogens is 1. The van der Waals surface area contributed by atoms with Gasteiger partial charge in [-0.3, -0.25) is 9.59 Å². The first kappa shape index (κ1) is 20.9. The normalized spacial score (nSPS) is 12.3. The number of carbonyl (C=O) groups is 2. The van der Waals surface area contributed by atoms with Crippen molar-refractivity contribution in [3.05, 3.63) is 34.3 Å². The van der Waals surface area contributed by atoms with Crippen molar-refractivity contribution >= 4 is 17.5 Å². The highest BCUT2D eigenvalue weighted by Gasteiger charge is 2.27. The Labute approximate surface area is 161 Å². The van der Waals surface area contributed by atoms with E-state index >= 15 is 0 Å². The number of anilines is 1. The Morgan fingerprint density at radius 1 is 1.19 bits per heavy atom. The molecule has 0 aliphatic heterocycles. The molecule has 0 aliphatic rings. The van der Waals surface area contributed by atoms with Crippen LogP contribution >= 0.6 is 0 Å². The summed E-state index contributed by atoms with van der Waals surface area (Å²) in [4.78, 5) is 28.1. The van der Waals surface area contributed by atoms with Gasteiger partial charge >= 0.3 is 0 Å². The van der Waals surface area contributed by atoms with Gasteiger partial charge in [0.15, 0.2) is 5.78 Å². The van der Waals surface area contributed by atoms with Crippen molar-refractivity contribution in [3.8, 4) is 0 Å². The summed E-state index contributed by atoms with van der Waals surface area (Å²) in [5.74, 6) is 0.360. The molecule has 1 amide bonds. The van der Waals surface area contributed by atoms with Gasteiger partial charge in [-0.1, -0.05) is 27.7 Å². The van der Waals surface area contributed by atoms with Gasteiger partial charge in [-0.2, -0.15) is 5.10 Å². The summed E-state index contributed by atoms with van der Waals surface area (Å²) in [5, 5.41) is 7.73. The van der Waals surface area contributed by atoms with E-state index in [-0.39, 0.29) is 22.6 Å². The Balaban J connectivity index is 2.49. The van der Waals surface area contributed by atoms with E-state index in [0.29, 0.717) is 23.5 Å². The quantitative estimate of drug-likeness (QED) is 0.770. The zero-order valence-electron chi connectivity index (χ0n) is 18.0. The van der Waals surface area contributed by atoms with Crippen LogP contribution in [0.4, 0.5) is 5.82 Å².